The van der Waals surface area contributed by atoms with E-state index in [0.717, 1.165) is 135 Å². The molecule has 18 nitrogen and oxygen atoms in total. The number of aliphatic carboxylic acids is 4. The Kier molecular flexibility index (Phi) is 17.8. The van der Waals surface area contributed by atoms with Crippen molar-refractivity contribution in [3.8, 4) is 0 Å². The number of nitrogens with one attached hydrogen (secondary N) is 4. The predicted octanol–water partition coefficient (Wildman–Crippen LogP) is 13.8. The van der Waals surface area contributed by atoms with Crippen molar-refractivity contribution < 1.29 is 49.8 Å². The van der Waals surface area contributed by atoms with Crippen molar-refractivity contribution in [1.82, 2.24) is 39.9 Å². The summed E-state index contributed by atoms with van der Waals surface area (Å²) in [5.74, 6) is -3.55. The van der Waals surface area contributed by atoms with Crippen LogP contribution in [-0.4, -0.2) is 100 Å². The Morgan fingerprint density at radius 1 is 0.372 bits per heavy atom. The average Bonchev–Trinajstić information content (AvgIpc) is 2.44. The zero-order chi connectivity index (χ0) is 62.3. The van der Waals surface area contributed by atoms with Crippen LogP contribution in [0.4, 0.5) is 0 Å². The van der Waals surface area contributed by atoms with Crippen molar-refractivity contribution in [2.75, 3.05) is 0 Å². The maximum Gasteiger partial charge on any atom is 0.303 e. The molecule has 4 aliphatic heterocycles. The van der Waals surface area contributed by atoms with Crippen LogP contribution in [0.25, 0.3) is 88.7 Å². The smallest absolute Gasteiger partial charge is 0.303 e. The van der Waals surface area contributed by atoms with E-state index in [9.17, 15) is 49.8 Å². The second-order valence-electron chi connectivity index (χ2n) is 22.8. The third kappa shape index (κ3) is 12.3. The molecule has 10 N–H and O–H groups in total. The third-order valence-corrected chi connectivity index (χ3v) is 17.3. The van der Waals surface area contributed by atoms with Crippen molar-refractivity contribution >= 4 is 113 Å². The van der Waals surface area contributed by atoms with Gasteiger partial charge >= 0.3 is 23.9 Å². The van der Waals surface area contributed by atoms with Gasteiger partial charge in [0.05, 0.1) is 57.8 Å². The first-order valence-electron chi connectivity index (χ1n) is 29.3. The van der Waals surface area contributed by atoms with Gasteiger partial charge in [-0.3, -0.25) is 19.2 Å². The van der Waals surface area contributed by atoms with E-state index in [1.165, 1.54) is 11.1 Å². The van der Waals surface area contributed by atoms with Gasteiger partial charge in [0.25, 0.3) is 0 Å². The van der Waals surface area contributed by atoms with Crippen LogP contribution in [0.15, 0.2) is 48.5 Å². The summed E-state index contributed by atoms with van der Waals surface area (Å²) < 4.78 is 0. The molecular formula is C68H76N8O10. The largest absolute Gasteiger partial charge is 0.481 e. The Labute approximate surface area is 498 Å². The van der Waals surface area contributed by atoms with E-state index in [-0.39, 0.29) is 38.5 Å². The molecule has 0 fully saturated rings. The maximum atomic E-state index is 11.6. The standard InChI is InChI=1S/C34H38N4O6.C34H38N4O4/c1-15-21(7-9-31(41)42)27-14-28-22(8-10-32(43)44)16(2)24(36-28)12-29-34(20(6)40)18(4)26(38-29)13-30-33(19(5)39)17(3)25(37-30)11-23(15)35-27;1-7-21-17(3)25-13-26-19(5)23(9-11-33(39)40)31(37-26)16-32-24(10-12-34(41)42)20(6)28(38-32)15-30-22(8-2)18(4)27(36-30)14-29(21)35-25/h11-14,19-20,36-37,39-40H,7-10H2,1-6H3,(H,41,42)(H,43,44);13-16,35,38H,7-12H2,1-6H3,(H,39,40)(H,41,42). The lowest BCUT2D eigenvalue weighted by molar-refractivity contribution is -0.138. The monoisotopic (exact) mass is 1160 g/mol. The van der Waals surface area contributed by atoms with E-state index in [1.54, 1.807) is 13.8 Å². The second-order valence-corrected chi connectivity index (χ2v) is 22.8. The number of aliphatic hydroxyl groups excluding tert-OH is 2. The molecule has 10 rings (SSSR count). The van der Waals surface area contributed by atoms with Gasteiger partial charge in [-0.15, -0.1) is 0 Å². The first-order valence-corrected chi connectivity index (χ1v) is 29.3. The zero-order valence-electron chi connectivity index (χ0n) is 50.9. The van der Waals surface area contributed by atoms with Crippen LogP contribution >= 0.6 is 0 Å². The molecule has 6 aromatic heterocycles. The number of aliphatic hydroxyl groups is 2. The summed E-state index contributed by atoms with van der Waals surface area (Å²) in [6, 6.07) is 15.7. The van der Waals surface area contributed by atoms with E-state index in [4.69, 9.17) is 19.9 Å². The molecule has 2 unspecified atom stereocenters. The molecule has 4 aliphatic rings. The summed E-state index contributed by atoms with van der Waals surface area (Å²) in [4.78, 5) is 80.2. The number of H-pyrrole nitrogens is 4. The number of carboxylic acid groups (broad SMARTS) is 4. The fourth-order valence-electron chi connectivity index (χ4n) is 12.5. The predicted molar refractivity (Wildman–Crippen MR) is 339 cm³/mol. The van der Waals surface area contributed by atoms with Crippen LogP contribution in [-0.2, 0) is 38.4 Å². The number of aromatic nitrogens is 8. The highest BCUT2D eigenvalue weighted by Crippen LogP contribution is 2.40. The third-order valence-electron chi connectivity index (χ3n) is 17.3. The number of fused-ring (bicyclic) bond motifs is 16. The highest BCUT2D eigenvalue weighted by Gasteiger charge is 2.26. The van der Waals surface area contributed by atoms with E-state index in [2.05, 4.69) is 59.8 Å². The minimum atomic E-state index is -0.914. The fraction of sp³-hybridized carbons (Fsp3) is 0.353. The first kappa shape index (κ1) is 61.6. The number of nitrogens with zero attached hydrogens (tertiary/aromatic N) is 4. The lowest BCUT2D eigenvalue weighted by Crippen LogP contribution is -2.02. The highest BCUT2D eigenvalue weighted by atomic mass is 16.4. The molecule has 0 radical (unpaired) electrons. The van der Waals surface area contributed by atoms with Gasteiger partial charge in [0.1, 0.15) is 0 Å². The van der Waals surface area contributed by atoms with Gasteiger partial charge in [0.2, 0.25) is 0 Å². The zero-order valence-corrected chi connectivity index (χ0v) is 50.9. The SMILES string of the molecule is CC1=C(CCC(=O)O)c2cc3[nH]c(cc4nc(cc5[nH]c(cc1n2)c(C)c5C(C)O)C(C)=C4C(C)O)c(C)c3CCC(=O)O.CCC1=C(C)c2cc3[nH]c(cc4nc(cc5[nH]c(cc1n2)c(C)c5CCC(=O)O)C(CCC(=O)O)=C4C)c(C)c3CC. The Morgan fingerprint density at radius 2 is 0.686 bits per heavy atom. The molecule has 0 saturated carbocycles. The Bertz CT molecular complexity index is 4320. The molecule has 16 bridgehead atoms. The second kappa shape index (κ2) is 24.9. The number of hydrogen-bond acceptors (Lipinski definition) is 10. The van der Waals surface area contributed by atoms with E-state index in [0.29, 0.717) is 57.9 Å². The molecule has 2 atom stereocenters. The molecule has 86 heavy (non-hydrogen) atoms. The average molecular weight is 1170 g/mol. The maximum absolute atomic E-state index is 11.6. The molecule has 0 amide bonds. The first-order chi connectivity index (χ1) is 40.8. The molecular weight excluding hydrogens is 1090 g/mol. The molecule has 6 aromatic rings. The summed E-state index contributed by atoms with van der Waals surface area (Å²) in [6.07, 6.45) is 1.23. The van der Waals surface area contributed by atoms with Gasteiger partial charge in [-0.05, 0) is 234 Å². The summed E-state index contributed by atoms with van der Waals surface area (Å²) in [6.45, 7) is 23.6. The number of carboxylic acids is 4. The van der Waals surface area contributed by atoms with Crippen LogP contribution < -0.4 is 0 Å². The molecule has 0 aliphatic carbocycles. The van der Waals surface area contributed by atoms with Gasteiger partial charge in [0, 0.05) is 81.0 Å². The number of rotatable bonds is 16. The topological polar surface area (TPSA) is 304 Å². The molecule has 0 aromatic carbocycles. The molecule has 10 heterocycles. The van der Waals surface area contributed by atoms with Crippen LogP contribution in [0.2, 0.25) is 0 Å². The molecule has 0 spiro atoms. The number of aryl methyl sites for hydroxylation is 7. The quantitative estimate of drug-likeness (QED) is 0.0431. The Balaban J connectivity index is 0.000000206. The molecule has 448 valence electrons. The minimum absolute atomic E-state index is 0.00162. The number of aromatic amines is 4. The summed E-state index contributed by atoms with van der Waals surface area (Å²) >= 11 is 0. The summed E-state index contributed by atoms with van der Waals surface area (Å²) in [5.41, 5.74) is 27.1. The highest BCUT2D eigenvalue weighted by molar-refractivity contribution is 5.98. The van der Waals surface area contributed by atoms with E-state index >= 15 is 0 Å². The Morgan fingerprint density at radius 3 is 1.10 bits per heavy atom. The number of hydrogen-bond donors (Lipinski definition) is 10. The van der Waals surface area contributed by atoms with Gasteiger partial charge < -0.3 is 50.6 Å². The van der Waals surface area contributed by atoms with Gasteiger partial charge in [-0.2, -0.15) is 0 Å². The normalized spacial score (nSPS) is 14.0. The van der Waals surface area contributed by atoms with Crippen molar-refractivity contribution in [3.05, 3.63) is 139 Å². The fourth-order valence-corrected chi connectivity index (χ4v) is 12.5. The van der Waals surface area contributed by atoms with Crippen molar-refractivity contribution in [3.63, 3.8) is 0 Å². The van der Waals surface area contributed by atoms with Crippen LogP contribution in [0.5, 0.6) is 0 Å². The van der Waals surface area contributed by atoms with Crippen LogP contribution in [0.1, 0.15) is 196 Å². The van der Waals surface area contributed by atoms with Crippen LogP contribution in [0, 0.1) is 27.7 Å². The lowest BCUT2D eigenvalue weighted by Gasteiger charge is -2.07. The van der Waals surface area contributed by atoms with E-state index in [1.807, 2.05) is 77.9 Å². The van der Waals surface area contributed by atoms with Gasteiger partial charge in [-0.1, -0.05) is 13.8 Å². The molecule has 0 saturated heterocycles. The number of carbonyl (C=O) groups is 4. The summed E-state index contributed by atoms with van der Waals surface area (Å²) in [7, 11) is 0. The van der Waals surface area contributed by atoms with Crippen LogP contribution in [0.3, 0.4) is 0 Å². The molecule has 18 heteroatoms. The van der Waals surface area contributed by atoms with Crippen molar-refractivity contribution in [2.45, 2.75) is 160 Å². The lowest BCUT2D eigenvalue weighted by atomic mass is 9.99. The Hall–Kier alpha value is -9.00. The number of allylic oxidation sites excluding steroid dienone is 7. The van der Waals surface area contributed by atoms with Crippen molar-refractivity contribution in [2.24, 2.45) is 0 Å². The van der Waals surface area contributed by atoms with Gasteiger partial charge in [-0.25, -0.2) is 19.9 Å². The van der Waals surface area contributed by atoms with E-state index < -0.39 is 36.1 Å². The van der Waals surface area contributed by atoms with Gasteiger partial charge in [0.15, 0.2) is 0 Å². The summed E-state index contributed by atoms with van der Waals surface area (Å²) in [5, 5.41) is 59.4. The van der Waals surface area contributed by atoms with Crippen molar-refractivity contribution in [1.29, 1.82) is 0 Å². The minimum Gasteiger partial charge on any atom is -0.481 e.